The summed E-state index contributed by atoms with van der Waals surface area (Å²) in [5.74, 6) is 0.548. The minimum Gasteiger partial charge on any atom is -0.296 e. The van der Waals surface area contributed by atoms with Gasteiger partial charge < -0.3 is 0 Å². The van der Waals surface area contributed by atoms with Crippen molar-refractivity contribution in [2.24, 2.45) is 0 Å². The Balaban J connectivity index is 1.62. The van der Waals surface area contributed by atoms with Gasteiger partial charge in [0.05, 0.1) is 12.2 Å². The van der Waals surface area contributed by atoms with Gasteiger partial charge in [-0.05, 0) is 43.0 Å². The molecule has 0 spiro atoms. The number of hydrogen-bond acceptors (Lipinski definition) is 5. The van der Waals surface area contributed by atoms with Crippen LogP contribution in [-0.4, -0.2) is 34.7 Å². The molecule has 4 rings (SSSR count). The van der Waals surface area contributed by atoms with Crippen molar-refractivity contribution in [1.82, 2.24) is 34.7 Å². The van der Waals surface area contributed by atoms with Gasteiger partial charge in [-0.3, -0.25) is 14.1 Å². The van der Waals surface area contributed by atoms with E-state index in [1.807, 2.05) is 51.7 Å². The summed E-state index contributed by atoms with van der Waals surface area (Å²) in [6.45, 7) is 7.69. The molecule has 0 aliphatic rings. The summed E-state index contributed by atoms with van der Waals surface area (Å²) in [7, 11) is 0. The summed E-state index contributed by atoms with van der Waals surface area (Å²) in [5, 5.41) is 14.4. The molecule has 178 valence electrons. The molecule has 0 atom stereocenters. The smallest absolute Gasteiger partial charge is 0.296 e. The zero-order valence-corrected chi connectivity index (χ0v) is 20.3. The fourth-order valence-electron chi connectivity index (χ4n) is 4.40. The first-order valence-corrected chi connectivity index (χ1v) is 12.2. The summed E-state index contributed by atoms with van der Waals surface area (Å²) in [5.41, 5.74) is 6.03. The zero-order valence-electron chi connectivity index (χ0n) is 20.3. The molecule has 8 nitrogen and oxygen atoms in total. The van der Waals surface area contributed by atoms with E-state index in [0.717, 1.165) is 72.4 Å². The third kappa shape index (κ3) is 5.00. The molecule has 0 saturated heterocycles. The minimum atomic E-state index is 0.0748. The van der Waals surface area contributed by atoms with Crippen LogP contribution in [-0.2, 0) is 19.5 Å². The predicted molar refractivity (Wildman–Crippen MR) is 134 cm³/mol. The van der Waals surface area contributed by atoms with E-state index < -0.39 is 0 Å². The fourth-order valence-corrected chi connectivity index (χ4v) is 4.40. The lowest BCUT2D eigenvalue weighted by Crippen LogP contribution is -2.26. The zero-order chi connectivity index (χ0) is 23.9. The van der Waals surface area contributed by atoms with Crippen molar-refractivity contribution in [2.75, 3.05) is 0 Å². The van der Waals surface area contributed by atoms with Crippen LogP contribution in [0.15, 0.2) is 47.4 Å². The van der Waals surface area contributed by atoms with Gasteiger partial charge in [0.2, 0.25) is 5.82 Å². The Morgan fingerprint density at radius 3 is 2.41 bits per heavy atom. The number of tetrazole rings is 1. The topological polar surface area (TPSA) is 94.3 Å². The van der Waals surface area contributed by atoms with Gasteiger partial charge in [0.25, 0.3) is 0 Å². The van der Waals surface area contributed by atoms with Gasteiger partial charge in [0.1, 0.15) is 0 Å². The quantitative estimate of drug-likeness (QED) is 0.326. The van der Waals surface area contributed by atoms with E-state index in [9.17, 15) is 4.79 Å². The van der Waals surface area contributed by atoms with E-state index in [1.54, 1.807) is 0 Å². The van der Waals surface area contributed by atoms with Gasteiger partial charge in [0.15, 0.2) is 0 Å². The summed E-state index contributed by atoms with van der Waals surface area (Å²) < 4.78 is 3.87. The van der Waals surface area contributed by atoms with Gasteiger partial charge in [-0.1, -0.05) is 63.4 Å². The molecule has 8 heteroatoms. The standard InChI is InChI=1S/C26H33N7O/c1-4-6-8-13-24-19(3)32(16-7-5-2)26(34)33(24)18-21-15-14-20(17-27-21)22-11-9-10-12-23(22)25-28-30-31-29-25/h9-12,14-15,17H,4-8,13,16,18H2,1-3H3,(H,28,29,30,31). The molecule has 0 radical (unpaired) electrons. The molecule has 0 amide bonds. The van der Waals surface area contributed by atoms with Crippen molar-refractivity contribution < 1.29 is 0 Å². The van der Waals surface area contributed by atoms with Crippen molar-refractivity contribution in [3.05, 3.63) is 70.2 Å². The number of unbranched alkanes of at least 4 members (excludes halogenated alkanes) is 3. The lowest BCUT2D eigenvalue weighted by atomic mass is 10.0. The molecule has 0 fully saturated rings. The number of aromatic amines is 1. The summed E-state index contributed by atoms with van der Waals surface area (Å²) in [6.07, 6.45) is 8.27. The number of benzene rings is 1. The van der Waals surface area contributed by atoms with E-state index in [4.69, 9.17) is 4.98 Å². The van der Waals surface area contributed by atoms with Crippen molar-refractivity contribution >= 4 is 0 Å². The molecule has 4 aromatic rings. The van der Waals surface area contributed by atoms with Crippen LogP contribution >= 0.6 is 0 Å². The monoisotopic (exact) mass is 459 g/mol. The molecule has 0 aliphatic carbocycles. The third-order valence-corrected chi connectivity index (χ3v) is 6.33. The van der Waals surface area contributed by atoms with Crippen molar-refractivity contribution in [3.63, 3.8) is 0 Å². The van der Waals surface area contributed by atoms with E-state index >= 15 is 0 Å². The van der Waals surface area contributed by atoms with Crippen LogP contribution < -0.4 is 5.69 Å². The van der Waals surface area contributed by atoms with Gasteiger partial charge >= 0.3 is 5.69 Å². The van der Waals surface area contributed by atoms with Gasteiger partial charge in [-0.15, -0.1) is 10.2 Å². The van der Waals surface area contributed by atoms with Crippen LogP contribution in [0, 0.1) is 6.92 Å². The number of pyridine rings is 1. The number of imidazole rings is 1. The maximum Gasteiger partial charge on any atom is 0.328 e. The molecular formula is C26H33N7O. The molecule has 0 unspecified atom stereocenters. The second-order valence-corrected chi connectivity index (χ2v) is 8.68. The first-order chi connectivity index (χ1) is 16.6. The van der Waals surface area contributed by atoms with Crippen LogP contribution in [0.5, 0.6) is 0 Å². The number of H-pyrrole nitrogens is 1. The fraction of sp³-hybridized carbons (Fsp3) is 0.423. The Labute approximate surface area is 200 Å². The van der Waals surface area contributed by atoms with Crippen LogP contribution in [0.1, 0.15) is 63.0 Å². The highest BCUT2D eigenvalue weighted by Gasteiger charge is 2.17. The van der Waals surface area contributed by atoms with Gasteiger partial charge in [-0.25, -0.2) is 4.79 Å². The second-order valence-electron chi connectivity index (χ2n) is 8.68. The Kier molecular flexibility index (Phi) is 7.67. The predicted octanol–water partition coefficient (Wildman–Crippen LogP) is 4.78. The summed E-state index contributed by atoms with van der Waals surface area (Å²) in [6, 6.07) is 12.0. The molecule has 34 heavy (non-hydrogen) atoms. The normalized spacial score (nSPS) is 11.3. The van der Waals surface area contributed by atoms with Gasteiger partial charge in [-0.2, -0.15) is 5.21 Å². The van der Waals surface area contributed by atoms with Gasteiger partial charge in [0, 0.05) is 35.3 Å². The molecule has 0 saturated carbocycles. The minimum absolute atomic E-state index is 0.0748. The average molecular weight is 460 g/mol. The van der Waals surface area contributed by atoms with E-state index in [0.29, 0.717) is 12.4 Å². The number of aromatic nitrogens is 7. The van der Waals surface area contributed by atoms with Crippen molar-refractivity contribution in [2.45, 2.75) is 72.4 Å². The Morgan fingerprint density at radius 1 is 0.941 bits per heavy atom. The third-order valence-electron chi connectivity index (χ3n) is 6.33. The first kappa shape index (κ1) is 23.6. The van der Waals surface area contributed by atoms with E-state index in [-0.39, 0.29) is 5.69 Å². The van der Waals surface area contributed by atoms with Crippen molar-refractivity contribution in [3.8, 4) is 22.5 Å². The lowest BCUT2D eigenvalue weighted by molar-refractivity contribution is 0.582. The molecule has 1 N–H and O–H groups in total. The highest BCUT2D eigenvalue weighted by molar-refractivity contribution is 5.79. The number of nitrogens with one attached hydrogen (secondary N) is 1. The van der Waals surface area contributed by atoms with E-state index in [2.05, 4.69) is 41.4 Å². The van der Waals surface area contributed by atoms with Crippen LogP contribution in [0.25, 0.3) is 22.5 Å². The molecule has 3 heterocycles. The second kappa shape index (κ2) is 11.0. The SMILES string of the molecule is CCCCCc1c(C)n(CCCC)c(=O)n1Cc1ccc(-c2ccccc2-c2nn[nH]n2)cn1. The maximum absolute atomic E-state index is 13.3. The van der Waals surface area contributed by atoms with E-state index in [1.165, 1.54) is 6.42 Å². The molecule has 1 aromatic carbocycles. The Morgan fingerprint density at radius 2 is 1.74 bits per heavy atom. The summed E-state index contributed by atoms with van der Waals surface area (Å²) >= 11 is 0. The number of nitrogens with zero attached hydrogens (tertiary/aromatic N) is 6. The van der Waals surface area contributed by atoms with Crippen LogP contribution in [0.2, 0.25) is 0 Å². The Bertz CT molecular complexity index is 1250. The van der Waals surface area contributed by atoms with Crippen LogP contribution in [0.4, 0.5) is 0 Å². The first-order valence-electron chi connectivity index (χ1n) is 12.2. The molecule has 0 bridgehead atoms. The molecular weight excluding hydrogens is 426 g/mol. The highest BCUT2D eigenvalue weighted by atomic mass is 16.1. The number of rotatable bonds is 11. The maximum atomic E-state index is 13.3. The Hall–Kier alpha value is -3.55. The summed E-state index contributed by atoms with van der Waals surface area (Å²) in [4.78, 5) is 18.0. The highest BCUT2D eigenvalue weighted by Crippen LogP contribution is 2.29. The largest absolute Gasteiger partial charge is 0.328 e. The number of hydrogen-bond donors (Lipinski definition) is 1. The van der Waals surface area contributed by atoms with Crippen molar-refractivity contribution in [1.29, 1.82) is 0 Å². The molecule has 3 aromatic heterocycles. The average Bonchev–Trinajstić information content (AvgIpc) is 3.47. The lowest BCUT2D eigenvalue weighted by Gasteiger charge is -2.10. The molecule has 0 aliphatic heterocycles. The van der Waals surface area contributed by atoms with Crippen LogP contribution in [0.3, 0.4) is 0 Å².